The maximum absolute atomic E-state index is 5.57. The van der Waals surface area contributed by atoms with Gasteiger partial charge >= 0.3 is 0 Å². The van der Waals surface area contributed by atoms with Gasteiger partial charge in [0.1, 0.15) is 0 Å². The van der Waals surface area contributed by atoms with Gasteiger partial charge in [0.25, 0.3) is 0 Å². The molecule has 1 aliphatic carbocycles. The number of hydrogen-bond donors (Lipinski definition) is 2. The minimum absolute atomic E-state index is 0.270. The molecule has 0 spiro atoms. The molecule has 0 radical (unpaired) electrons. The van der Waals surface area contributed by atoms with Crippen molar-refractivity contribution in [2.75, 3.05) is 72.5 Å². The number of rotatable bonds is 7. The number of aliphatic imine (C=N–C) groups is 1. The summed E-state index contributed by atoms with van der Waals surface area (Å²) in [5, 5.41) is 7.31. The monoisotopic (exact) mass is 412 g/mol. The van der Waals surface area contributed by atoms with Gasteiger partial charge in [0, 0.05) is 63.1 Å². The second-order valence-electron chi connectivity index (χ2n) is 8.73. The van der Waals surface area contributed by atoms with E-state index < -0.39 is 0 Å². The van der Waals surface area contributed by atoms with Gasteiger partial charge in [0.15, 0.2) is 5.96 Å². The van der Waals surface area contributed by atoms with Crippen molar-refractivity contribution in [2.24, 2.45) is 10.4 Å². The van der Waals surface area contributed by atoms with Crippen molar-refractivity contribution in [1.29, 1.82) is 0 Å². The smallest absolute Gasteiger partial charge is 0.191 e. The van der Waals surface area contributed by atoms with Crippen LogP contribution in [0.5, 0.6) is 0 Å². The summed E-state index contributed by atoms with van der Waals surface area (Å²) < 4.78 is 11.4. The maximum atomic E-state index is 5.57. The van der Waals surface area contributed by atoms with Crippen molar-refractivity contribution in [2.45, 2.75) is 49.7 Å². The molecule has 6 nitrogen and oxygen atoms in total. The molecule has 2 saturated heterocycles. The topological polar surface area (TPSA) is 58.1 Å². The number of ether oxygens (including phenoxy) is 2. The fraction of sp³-hybridized carbons (Fsp3) is 0.952. The molecule has 0 aromatic carbocycles. The minimum atomic E-state index is 0.270. The lowest BCUT2D eigenvalue weighted by atomic mass is 9.73. The van der Waals surface area contributed by atoms with Crippen LogP contribution in [0.1, 0.15) is 44.9 Å². The van der Waals surface area contributed by atoms with Gasteiger partial charge < -0.3 is 20.1 Å². The van der Waals surface area contributed by atoms with Gasteiger partial charge in [-0.15, -0.1) is 0 Å². The molecule has 3 fully saturated rings. The van der Waals surface area contributed by atoms with Crippen LogP contribution in [-0.2, 0) is 9.47 Å². The Hall–Kier alpha value is -0.500. The molecule has 0 aromatic rings. The van der Waals surface area contributed by atoms with Crippen LogP contribution < -0.4 is 10.6 Å². The summed E-state index contributed by atoms with van der Waals surface area (Å²) in [6.07, 6.45) is 11.2. The molecule has 0 unspecified atom stereocenters. The Bertz CT molecular complexity index is 485. The van der Waals surface area contributed by atoms with E-state index in [0.717, 1.165) is 71.4 Å². The fourth-order valence-corrected chi connectivity index (χ4v) is 5.65. The number of morpholine rings is 1. The maximum Gasteiger partial charge on any atom is 0.191 e. The van der Waals surface area contributed by atoms with Crippen LogP contribution in [0.3, 0.4) is 0 Å². The number of nitrogens with one attached hydrogen (secondary N) is 2. The Morgan fingerprint density at radius 3 is 2.21 bits per heavy atom. The molecule has 2 aliphatic heterocycles. The zero-order valence-corrected chi connectivity index (χ0v) is 18.7. The summed E-state index contributed by atoms with van der Waals surface area (Å²) in [6, 6.07) is 0. The first kappa shape index (κ1) is 22.2. The Kier molecular flexibility index (Phi) is 8.75. The van der Waals surface area contributed by atoms with E-state index in [1.807, 2.05) is 18.8 Å². The first-order valence-corrected chi connectivity index (χ1v) is 12.3. The van der Waals surface area contributed by atoms with E-state index in [1.165, 1.54) is 38.6 Å². The lowest BCUT2D eigenvalue weighted by molar-refractivity contribution is 0.00820. The summed E-state index contributed by atoms with van der Waals surface area (Å²) in [4.78, 5) is 7.13. The Balaban J connectivity index is 1.53. The summed E-state index contributed by atoms with van der Waals surface area (Å²) in [5.74, 6) is 0.951. The third-order valence-electron chi connectivity index (χ3n) is 6.85. The van der Waals surface area contributed by atoms with Gasteiger partial charge in [0.2, 0.25) is 0 Å². The predicted molar refractivity (Wildman–Crippen MR) is 118 cm³/mol. The fourth-order valence-electron chi connectivity index (χ4n) is 4.86. The van der Waals surface area contributed by atoms with Gasteiger partial charge in [-0.25, -0.2) is 0 Å². The summed E-state index contributed by atoms with van der Waals surface area (Å²) >= 11 is 1.97. The molecule has 0 atom stereocenters. The van der Waals surface area contributed by atoms with Crippen LogP contribution in [0.4, 0.5) is 0 Å². The van der Waals surface area contributed by atoms with Crippen molar-refractivity contribution >= 4 is 17.7 Å². The van der Waals surface area contributed by atoms with Crippen LogP contribution in [0.25, 0.3) is 0 Å². The third-order valence-corrected chi connectivity index (χ3v) is 8.27. The largest absolute Gasteiger partial charge is 0.381 e. The summed E-state index contributed by atoms with van der Waals surface area (Å²) in [5.41, 5.74) is 0.364. The van der Waals surface area contributed by atoms with E-state index in [4.69, 9.17) is 9.47 Å². The zero-order valence-electron chi connectivity index (χ0n) is 17.9. The van der Waals surface area contributed by atoms with Crippen molar-refractivity contribution in [3.05, 3.63) is 0 Å². The highest BCUT2D eigenvalue weighted by Gasteiger charge is 2.35. The lowest BCUT2D eigenvalue weighted by Crippen LogP contribution is -2.53. The Morgan fingerprint density at radius 2 is 1.57 bits per heavy atom. The molecular weight excluding hydrogens is 372 g/mol. The Labute approximate surface area is 175 Å². The van der Waals surface area contributed by atoms with Crippen molar-refractivity contribution in [1.82, 2.24) is 15.5 Å². The molecular formula is C21H40N4O2S. The molecule has 7 heteroatoms. The molecule has 2 heterocycles. The van der Waals surface area contributed by atoms with Gasteiger partial charge in [-0.05, 0) is 31.9 Å². The van der Waals surface area contributed by atoms with Crippen LogP contribution in [0.2, 0.25) is 0 Å². The lowest BCUT2D eigenvalue weighted by Gasteiger charge is -2.42. The van der Waals surface area contributed by atoms with Crippen molar-refractivity contribution in [3.63, 3.8) is 0 Å². The number of guanidine groups is 1. The van der Waals surface area contributed by atoms with E-state index in [2.05, 4.69) is 26.8 Å². The standard InChI is InChI=1S/C21H40N4O2S/c1-22-19(24-17-21(28-2)8-12-26-13-9-21)23-16-20(6-4-3-5-7-20)18-25-10-14-27-15-11-25/h3-18H2,1-2H3,(H2,22,23,24). The van der Waals surface area contributed by atoms with E-state index in [1.54, 1.807) is 0 Å². The quantitative estimate of drug-likeness (QED) is 0.494. The highest BCUT2D eigenvalue weighted by atomic mass is 32.2. The number of nitrogens with zero attached hydrogens (tertiary/aromatic N) is 2. The molecule has 0 amide bonds. The molecule has 1 saturated carbocycles. The molecule has 0 bridgehead atoms. The van der Waals surface area contributed by atoms with Crippen molar-refractivity contribution < 1.29 is 9.47 Å². The minimum Gasteiger partial charge on any atom is -0.381 e. The molecule has 2 N–H and O–H groups in total. The summed E-state index contributed by atoms with van der Waals surface area (Å²) in [6.45, 7) is 8.81. The SMILES string of the molecule is CN=C(NCC1(CN2CCOCC2)CCCCC1)NCC1(SC)CCOCC1. The molecule has 28 heavy (non-hydrogen) atoms. The van der Waals surface area contributed by atoms with E-state index >= 15 is 0 Å². The second-order valence-corrected chi connectivity index (χ2v) is 10.0. The van der Waals surface area contributed by atoms with Crippen LogP contribution in [0.15, 0.2) is 4.99 Å². The van der Waals surface area contributed by atoms with Crippen LogP contribution in [0, 0.1) is 5.41 Å². The number of hydrogen-bond acceptors (Lipinski definition) is 5. The van der Waals surface area contributed by atoms with Gasteiger partial charge in [-0.1, -0.05) is 19.3 Å². The highest BCUT2D eigenvalue weighted by Crippen LogP contribution is 2.37. The Morgan fingerprint density at radius 1 is 0.929 bits per heavy atom. The van der Waals surface area contributed by atoms with E-state index in [-0.39, 0.29) is 4.75 Å². The van der Waals surface area contributed by atoms with Crippen molar-refractivity contribution in [3.8, 4) is 0 Å². The first-order chi connectivity index (χ1) is 13.7. The predicted octanol–water partition coefficient (Wildman–Crippen LogP) is 2.35. The molecule has 162 valence electrons. The van der Waals surface area contributed by atoms with Gasteiger partial charge in [-0.3, -0.25) is 9.89 Å². The number of thioether (sulfide) groups is 1. The van der Waals surface area contributed by atoms with Crippen LogP contribution in [-0.4, -0.2) is 88.1 Å². The van der Waals surface area contributed by atoms with Crippen LogP contribution >= 0.6 is 11.8 Å². The third kappa shape index (κ3) is 6.25. The highest BCUT2D eigenvalue weighted by molar-refractivity contribution is 8.00. The average molecular weight is 413 g/mol. The van der Waals surface area contributed by atoms with E-state index in [9.17, 15) is 0 Å². The average Bonchev–Trinajstić information content (AvgIpc) is 2.76. The van der Waals surface area contributed by atoms with E-state index in [0.29, 0.717) is 5.41 Å². The summed E-state index contributed by atoms with van der Waals surface area (Å²) in [7, 11) is 1.89. The van der Waals surface area contributed by atoms with Gasteiger partial charge in [-0.2, -0.15) is 11.8 Å². The molecule has 0 aromatic heterocycles. The normalized spacial score (nSPS) is 26.0. The molecule has 3 rings (SSSR count). The first-order valence-electron chi connectivity index (χ1n) is 11.1. The zero-order chi connectivity index (χ0) is 19.7. The van der Waals surface area contributed by atoms with Gasteiger partial charge in [0.05, 0.1) is 13.2 Å². The molecule has 3 aliphatic rings. The second kappa shape index (κ2) is 11.0.